The Kier molecular flexibility index (Phi) is 6.08. The molecule has 4 atom stereocenters. The molecule has 3 unspecified atom stereocenters. The molecule has 0 spiro atoms. The Morgan fingerprint density at radius 2 is 1.74 bits per heavy atom. The largest absolute Gasteiger partial charge is 0.497 e. The lowest BCUT2D eigenvalue weighted by Crippen LogP contribution is -2.36. The fourth-order valence-corrected chi connectivity index (χ4v) is 4.28. The summed E-state index contributed by atoms with van der Waals surface area (Å²) in [5.41, 5.74) is 1.00. The summed E-state index contributed by atoms with van der Waals surface area (Å²) in [5.74, 6) is 2.12. The molecule has 27 heavy (non-hydrogen) atoms. The number of hydrogen-bond donors (Lipinski definition) is 0. The van der Waals surface area contributed by atoms with Gasteiger partial charge in [-0.25, -0.2) is 0 Å². The molecule has 3 rings (SSSR count). The molecule has 0 N–H and O–H groups in total. The van der Waals surface area contributed by atoms with Crippen molar-refractivity contribution in [2.24, 2.45) is 17.8 Å². The van der Waals surface area contributed by atoms with Crippen LogP contribution in [0.2, 0.25) is 0 Å². The summed E-state index contributed by atoms with van der Waals surface area (Å²) < 4.78 is 11.3. The van der Waals surface area contributed by atoms with Gasteiger partial charge in [0.2, 0.25) is 0 Å². The van der Waals surface area contributed by atoms with E-state index in [-0.39, 0.29) is 18.0 Å². The van der Waals surface area contributed by atoms with Crippen LogP contribution in [0.4, 0.5) is 0 Å². The molecule has 0 aromatic heterocycles. The fourth-order valence-electron chi connectivity index (χ4n) is 4.28. The molecule has 1 aliphatic rings. The van der Waals surface area contributed by atoms with E-state index in [2.05, 4.69) is 32.9 Å². The summed E-state index contributed by atoms with van der Waals surface area (Å²) in [7, 11) is 1.67. The van der Waals surface area contributed by atoms with Crippen molar-refractivity contribution in [1.82, 2.24) is 0 Å². The molecule has 2 aromatic rings. The van der Waals surface area contributed by atoms with E-state index in [9.17, 15) is 4.79 Å². The molecule has 0 bridgehead atoms. The number of hydrogen-bond acceptors (Lipinski definition) is 3. The summed E-state index contributed by atoms with van der Waals surface area (Å²) in [4.78, 5) is 12.9. The van der Waals surface area contributed by atoms with Crippen molar-refractivity contribution in [2.75, 3.05) is 7.11 Å². The van der Waals surface area contributed by atoms with Crippen LogP contribution in [-0.4, -0.2) is 19.2 Å². The Morgan fingerprint density at radius 1 is 1.04 bits per heavy atom. The van der Waals surface area contributed by atoms with E-state index in [1.165, 1.54) is 6.42 Å². The molecule has 0 radical (unpaired) electrons. The normalized spacial score (nSPS) is 24.0. The van der Waals surface area contributed by atoms with Gasteiger partial charge in [-0.3, -0.25) is 4.79 Å². The lowest BCUT2D eigenvalue weighted by atomic mass is 9.75. The van der Waals surface area contributed by atoms with Crippen LogP contribution in [0.5, 0.6) is 5.75 Å². The number of carbonyl (C=O) groups is 1. The Balaban J connectivity index is 1.75. The molecule has 3 heteroatoms. The van der Waals surface area contributed by atoms with Crippen LogP contribution in [0, 0.1) is 17.8 Å². The van der Waals surface area contributed by atoms with Gasteiger partial charge in [0.05, 0.1) is 13.0 Å². The number of esters is 1. The zero-order valence-corrected chi connectivity index (χ0v) is 17.2. The Labute approximate surface area is 163 Å². The minimum absolute atomic E-state index is 0.0495. The molecular formula is C24H32O3. The summed E-state index contributed by atoms with van der Waals surface area (Å²) in [6.45, 7) is 8.69. The second-order valence-corrected chi connectivity index (χ2v) is 8.50. The van der Waals surface area contributed by atoms with Gasteiger partial charge in [0.15, 0.2) is 0 Å². The minimum Gasteiger partial charge on any atom is -0.497 e. The molecule has 3 nitrogen and oxygen atoms in total. The molecule has 1 fully saturated rings. The van der Waals surface area contributed by atoms with Gasteiger partial charge in [0.25, 0.3) is 0 Å². The third-order valence-electron chi connectivity index (χ3n) is 6.15. The maximum atomic E-state index is 12.9. The van der Waals surface area contributed by atoms with E-state index in [0.717, 1.165) is 34.9 Å². The highest BCUT2D eigenvalue weighted by Gasteiger charge is 2.34. The highest BCUT2D eigenvalue weighted by atomic mass is 16.5. The number of methoxy groups -OCH3 is 1. The molecule has 1 saturated carbocycles. The second kappa shape index (κ2) is 8.33. The van der Waals surface area contributed by atoms with Gasteiger partial charge in [-0.2, -0.15) is 0 Å². The van der Waals surface area contributed by atoms with Crippen LogP contribution in [0.25, 0.3) is 10.8 Å². The van der Waals surface area contributed by atoms with Crippen molar-refractivity contribution in [3.8, 4) is 5.75 Å². The molecule has 0 heterocycles. The van der Waals surface area contributed by atoms with Gasteiger partial charge in [-0.05, 0) is 66.0 Å². The lowest BCUT2D eigenvalue weighted by molar-refractivity contribution is -0.157. The first-order valence-electron chi connectivity index (χ1n) is 10.2. The Morgan fingerprint density at radius 3 is 2.44 bits per heavy atom. The number of ether oxygens (including phenoxy) is 2. The van der Waals surface area contributed by atoms with Gasteiger partial charge in [0, 0.05) is 0 Å². The molecule has 0 amide bonds. The SMILES string of the molecule is COc1ccc2cc([C@H](C)C(=O)OC3CC(C)CCC3C(C)C)ccc2c1. The molecular weight excluding hydrogens is 336 g/mol. The van der Waals surface area contributed by atoms with Crippen molar-refractivity contribution in [2.45, 2.75) is 59.0 Å². The first kappa shape index (κ1) is 19.7. The predicted molar refractivity (Wildman–Crippen MR) is 110 cm³/mol. The number of rotatable bonds is 5. The third kappa shape index (κ3) is 4.45. The number of carbonyl (C=O) groups excluding carboxylic acids is 1. The van der Waals surface area contributed by atoms with Gasteiger partial charge in [-0.15, -0.1) is 0 Å². The zero-order valence-electron chi connectivity index (χ0n) is 17.2. The summed E-state index contributed by atoms with van der Waals surface area (Å²) in [6, 6.07) is 12.2. The summed E-state index contributed by atoms with van der Waals surface area (Å²) in [5, 5.41) is 2.22. The van der Waals surface area contributed by atoms with Crippen LogP contribution < -0.4 is 4.74 Å². The maximum absolute atomic E-state index is 12.9. The van der Waals surface area contributed by atoms with Gasteiger partial charge in [0.1, 0.15) is 11.9 Å². The van der Waals surface area contributed by atoms with Crippen molar-refractivity contribution < 1.29 is 14.3 Å². The van der Waals surface area contributed by atoms with Crippen LogP contribution in [0.1, 0.15) is 58.4 Å². The van der Waals surface area contributed by atoms with Crippen LogP contribution in [-0.2, 0) is 9.53 Å². The fraction of sp³-hybridized carbons (Fsp3) is 0.542. The van der Waals surface area contributed by atoms with Crippen molar-refractivity contribution in [3.63, 3.8) is 0 Å². The zero-order chi connectivity index (χ0) is 19.6. The highest BCUT2D eigenvalue weighted by Crippen LogP contribution is 2.36. The second-order valence-electron chi connectivity index (χ2n) is 8.50. The minimum atomic E-state index is -0.262. The predicted octanol–water partition coefficient (Wildman–Crippen LogP) is 5.96. The van der Waals surface area contributed by atoms with E-state index < -0.39 is 0 Å². The van der Waals surface area contributed by atoms with E-state index in [0.29, 0.717) is 17.8 Å². The number of fused-ring (bicyclic) bond motifs is 1. The van der Waals surface area contributed by atoms with Crippen molar-refractivity contribution >= 4 is 16.7 Å². The van der Waals surface area contributed by atoms with Crippen molar-refractivity contribution in [3.05, 3.63) is 42.0 Å². The van der Waals surface area contributed by atoms with Crippen LogP contribution >= 0.6 is 0 Å². The van der Waals surface area contributed by atoms with Gasteiger partial charge >= 0.3 is 5.97 Å². The molecule has 2 aromatic carbocycles. The topological polar surface area (TPSA) is 35.5 Å². The molecule has 0 aliphatic heterocycles. The smallest absolute Gasteiger partial charge is 0.313 e. The maximum Gasteiger partial charge on any atom is 0.313 e. The van der Waals surface area contributed by atoms with E-state index in [4.69, 9.17) is 9.47 Å². The Bertz CT molecular complexity index is 795. The third-order valence-corrected chi connectivity index (χ3v) is 6.15. The average Bonchev–Trinajstić information content (AvgIpc) is 2.66. The quantitative estimate of drug-likeness (QED) is 0.611. The first-order valence-corrected chi connectivity index (χ1v) is 10.2. The summed E-state index contributed by atoms with van der Waals surface area (Å²) >= 11 is 0. The van der Waals surface area contributed by atoms with E-state index in [1.807, 2.05) is 31.2 Å². The van der Waals surface area contributed by atoms with E-state index in [1.54, 1.807) is 7.11 Å². The lowest BCUT2D eigenvalue weighted by Gasteiger charge is -2.37. The molecule has 0 saturated heterocycles. The monoisotopic (exact) mass is 368 g/mol. The number of benzene rings is 2. The van der Waals surface area contributed by atoms with E-state index >= 15 is 0 Å². The van der Waals surface area contributed by atoms with Crippen molar-refractivity contribution in [1.29, 1.82) is 0 Å². The first-order chi connectivity index (χ1) is 12.9. The molecule has 146 valence electrons. The average molecular weight is 369 g/mol. The Hall–Kier alpha value is -2.03. The standard InChI is InChI=1S/C24H32O3/c1-15(2)22-11-6-16(3)12-23(22)27-24(25)17(4)18-7-8-20-14-21(26-5)10-9-19(20)13-18/h7-10,13-17,22-23H,6,11-12H2,1-5H3/t16?,17-,22?,23?/m0/s1. The highest BCUT2D eigenvalue weighted by molar-refractivity contribution is 5.86. The van der Waals surface area contributed by atoms with Crippen LogP contribution in [0.3, 0.4) is 0 Å². The van der Waals surface area contributed by atoms with Gasteiger partial charge < -0.3 is 9.47 Å². The molecule has 1 aliphatic carbocycles. The van der Waals surface area contributed by atoms with Crippen LogP contribution in [0.15, 0.2) is 36.4 Å². The van der Waals surface area contributed by atoms with Gasteiger partial charge in [-0.1, -0.05) is 51.5 Å². The summed E-state index contributed by atoms with van der Waals surface area (Å²) in [6.07, 6.45) is 3.43.